The third kappa shape index (κ3) is 4.84. The van der Waals surface area contributed by atoms with Crippen molar-refractivity contribution in [2.75, 3.05) is 13.2 Å². The monoisotopic (exact) mass is 353 g/mol. The molecule has 0 saturated carbocycles. The molecule has 1 fully saturated rings. The molecule has 1 aliphatic heterocycles. The van der Waals surface area contributed by atoms with Gasteiger partial charge in [-0.2, -0.15) is 0 Å². The Labute approximate surface area is 152 Å². The van der Waals surface area contributed by atoms with Gasteiger partial charge in [0.25, 0.3) is 0 Å². The van der Waals surface area contributed by atoms with Crippen molar-refractivity contribution in [3.63, 3.8) is 0 Å². The van der Waals surface area contributed by atoms with Crippen LogP contribution in [0.3, 0.4) is 0 Å². The number of carbonyl (C=O) groups excluding carboxylic acids is 2. The Morgan fingerprint density at radius 3 is 2.36 bits per heavy atom. The summed E-state index contributed by atoms with van der Waals surface area (Å²) >= 11 is 0. The zero-order chi connectivity index (χ0) is 19.3. The molecule has 0 amide bonds. The molecule has 1 heterocycles. The molecule has 0 aromatic heterocycles. The molecule has 1 aliphatic rings. The highest BCUT2D eigenvalue weighted by molar-refractivity contribution is 5.82. The Bertz CT molecular complexity index is 504. The van der Waals surface area contributed by atoms with Gasteiger partial charge in [0, 0.05) is 43.0 Å². The third-order valence-electron chi connectivity index (χ3n) is 6.12. The summed E-state index contributed by atoms with van der Waals surface area (Å²) in [4.78, 5) is 25.6. The molecule has 25 heavy (non-hydrogen) atoms. The van der Waals surface area contributed by atoms with Crippen molar-refractivity contribution in [2.45, 2.75) is 84.9 Å². The van der Waals surface area contributed by atoms with Gasteiger partial charge in [0.2, 0.25) is 0 Å². The van der Waals surface area contributed by atoms with Gasteiger partial charge in [0.15, 0.2) is 0 Å². The summed E-state index contributed by atoms with van der Waals surface area (Å²) in [7, 11) is 0. The number of hydrogen-bond acceptors (Lipinski definition) is 5. The highest BCUT2D eigenvalue weighted by Crippen LogP contribution is 2.46. The molecular formula is C20H35NO4. The van der Waals surface area contributed by atoms with Crippen molar-refractivity contribution < 1.29 is 19.1 Å². The number of allylic oxidation sites excluding steroid dienone is 1. The van der Waals surface area contributed by atoms with E-state index in [-0.39, 0.29) is 35.0 Å². The highest BCUT2D eigenvalue weighted by Gasteiger charge is 2.53. The first-order chi connectivity index (χ1) is 11.6. The van der Waals surface area contributed by atoms with Gasteiger partial charge in [0.1, 0.15) is 12.7 Å². The van der Waals surface area contributed by atoms with Gasteiger partial charge >= 0.3 is 11.9 Å². The predicted octanol–water partition coefficient (Wildman–Crippen LogP) is 3.72. The fourth-order valence-corrected chi connectivity index (χ4v) is 4.11. The fourth-order valence-electron chi connectivity index (χ4n) is 4.11. The Balaban J connectivity index is 3.09. The summed E-state index contributed by atoms with van der Waals surface area (Å²) in [5.74, 6) is -0.340. The van der Waals surface area contributed by atoms with E-state index in [0.717, 1.165) is 19.3 Å². The Morgan fingerprint density at radius 1 is 1.24 bits per heavy atom. The van der Waals surface area contributed by atoms with Crippen LogP contribution in [0.5, 0.6) is 0 Å². The summed E-state index contributed by atoms with van der Waals surface area (Å²) in [6, 6.07) is 0. The maximum Gasteiger partial charge on any atom is 0.330 e. The minimum absolute atomic E-state index is 0.113. The molecule has 0 aromatic rings. The fraction of sp³-hybridized carbons (Fsp3) is 0.800. The lowest BCUT2D eigenvalue weighted by molar-refractivity contribution is -0.175. The van der Waals surface area contributed by atoms with E-state index in [1.165, 1.54) is 13.0 Å². The second-order valence-corrected chi connectivity index (χ2v) is 7.52. The number of piperidine rings is 1. The average Bonchev–Trinajstić information content (AvgIpc) is 2.55. The second-order valence-electron chi connectivity index (χ2n) is 7.52. The van der Waals surface area contributed by atoms with Crippen molar-refractivity contribution in [2.24, 2.45) is 5.92 Å². The summed E-state index contributed by atoms with van der Waals surface area (Å²) in [6.45, 7) is 15.3. The van der Waals surface area contributed by atoms with Crippen LogP contribution in [-0.4, -0.2) is 47.2 Å². The molecule has 0 N–H and O–H groups in total. The van der Waals surface area contributed by atoms with Gasteiger partial charge in [-0.1, -0.05) is 26.8 Å². The van der Waals surface area contributed by atoms with E-state index in [1.807, 2.05) is 6.92 Å². The van der Waals surface area contributed by atoms with Crippen molar-refractivity contribution in [3.8, 4) is 0 Å². The van der Waals surface area contributed by atoms with Gasteiger partial charge < -0.3 is 9.47 Å². The van der Waals surface area contributed by atoms with E-state index in [0.29, 0.717) is 13.2 Å². The van der Waals surface area contributed by atoms with E-state index < -0.39 is 0 Å². The molecule has 4 unspecified atom stereocenters. The zero-order valence-corrected chi connectivity index (χ0v) is 16.9. The Hall–Kier alpha value is -1.36. The Kier molecular flexibility index (Phi) is 7.66. The topological polar surface area (TPSA) is 55.8 Å². The number of rotatable bonds is 7. The molecule has 5 nitrogen and oxygen atoms in total. The lowest BCUT2D eigenvalue weighted by Crippen LogP contribution is -2.68. The summed E-state index contributed by atoms with van der Waals surface area (Å²) in [6.07, 6.45) is 5.72. The summed E-state index contributed by atoms with van der Waals surface area (Å²) in [5.41, 5.74) is -0.248. The molecule has 0 aromatic carbocycles. The first-order valence-electron chi connectivity index (χ1n) is 9.39. The average molecular weight is 354 g/mol. The van der Waals surface area contributed by atoms with Crippen molar-refractivity contribution in [3.05, 3.63) is 12.2 Å². The van der Waals surface area contributed by atoms with Crippen LogP contribution in [0.4, 0.5) is 0 Å². The van der Waals surface area contributed by atoms with Crippen LogP contribution in [0.15, 0.2) is 12.2 Å². The van der Waals surface area contributed by atoms with E-state index in [9.17, 15) is 9.59 Å². The van der Waals surface area contributed by atoms with Gasteiger partial charge in [-0.15, -0.1) is 0 Å². The first kappa shape index (κ1) is 21.7. The second kappa shape index (κ2) is 8.84. The molecule has 4 atom stereocenters. The van der Waals surface area contributed by atoms with Gasteiger partial charge in [0.05, 0.1) is 0 Å². The molecule has 1 saturated heterocycles. The number of nitrogens with zero attached hydrogens (tertiary/aromatic N) is 1. The van der Waals surface area contributed by atoms with Crippen molar-refractivity contribution >= 4 is 11.9 Å². The lowest BCUT2D eigenvalue weighted by Gasteiger charge is -2.60. The van der Waals surface area contributed by atoms with Crippen LogP contribution in [0.2, 0.25) is 0 Å². The van der Waals surface area contributed by atoms with E-state index >= 15 is 0 Å². The van der Waals surface area contributed by atoms with Gasteiger partial charge in [-0.3, -0.25) is 9.69 Å². The number of ether oxygens (including phenoxy) is 2. The molecule has 0 aliphatic carbocycles. The van der Waals surface area contributed by atoms with Crippen LogP contribution in [0.1, 0.15) is 67.7 Å². The molecule has 0 radical (unpaired) electrons. The van der Waals surface area contributed by atoms with E-state index in [4.69, 9.17) is 9.47 Å². The number of likely N-dealkylation sites (tertiary alicyclic amines) is 1. The SMILES string of the molecule is CC=CC(=O)OC1CC(C)(CC)N(CCOC(C)=O)C(C)(CC)C1C. The smallest absolute Gasteiger partial charge is 0.330 e. The molecule has 0 spiro atoms. The standard InChI is InChI=1S/C20H35NO4/c1-8-11-18(23)25-17-14-19(6,9-2)21(12-13-24-16(5)22)20(7,10-3)15(17)4/h8,11,15,17H,9-10,12-14H2,1-7H3. The number of carbonyl (C=O) groups is 2. The molecule has 1 rings (SSSR count). The van der Waals surface area contributed by atoms with Crippen molar-refractivity contribution in [1.82, 2.24) is 4.90 Å². The highest BCUT2D eigenvalue weighted by atomic mass is 16.5. The first-order valence-corrected chi connectivity index (χ1v) is 9.39. The van der Waals surface area contributed by atoms with Crippen LogP contribution in [0, 0.1) is 5.92 Å². The van der Waals surface area contributed by atoms with Crippen LogP contribution < -0.4 is 0 Å². The van der Waals surface area contributed by atoms with Crippen LogP contribution in [-0.2, 0) is 19.1 Å². The third-order valence-corrected chi connectivity index (χ3v) is 6.12. The van der Waals surface area contributed by atoms with Crippen molar-refractivity contribution in [1.29, 1.82) is 0 Å². The maximum atomic E-state index is 12.0. The molecule has 0 bridgehead atoms. The predicted molar refractivity (Wildman–Crippen MR) is 99.2 cm³/mol. The van der Waals surface area contributed by atoms with E-state index in [2.05, 4.69) is 39.5 Å². The van der Waals surface area contributed by atoms with Gasteiger partial charge in [-0.05, 0) is 33.6 Å². The lowest BCUT2D eigenvalue weighted by atomic mass is 9.68. The minimum atomic E-state index is -0.274. The molecule has 144 valence electrons. The van der Waals surface area contributed by atoms with Crippen LogP contribution >= 0.6 is 0 Å². The summed E-state index contributed by atoms with van der Waals surface area (Å²) in [5, 5.41) is 0. The van der Waals surface area contributed by atoms with Crippen LogP contribution in [0.25, 0.3) is 0 Å². The van der Waals surface area contributed by atoms with Gasteiger partial charge in [-0.25, -0.2) is 4.79 Å². The summed E-state index contributed by atoms with van der Waals surface area (Å²) < 4.78 is 11.0. The van der Waals surface area contributed by atoms with E-state index in [1.54, 1.807) is 6.08 Å². The number of hydrogen-bond donors (Lipinski definition) is 0. The zero-order valence-electron chi connectivity index (χ0n) is 16.9. The molecular weight excluding hydrogens is 318 g/mol. The largest absolute Gasteiger partial charge is 0.465 e. The molecule has 5 heteroatoms. The minimum Gasteiger partial charge on any atom is -0.465 e. The number of esters is 2. The maximum absolute atomic E-state index is 12.0. The quantitative estimate of drug-likeness (QED) is 0.516. The normalized spacial score (nSPS) is 33.4. The Morgan fingerprint density at radius 2 is 1.88 bits per heavy atom.